The lowest BCUT2D eigenvalue weighted by atomic mass is 10.2. The van der Waals surface area contributed by atoms with Crippen LogP contribution in [0.25, 0.3) is 0 Å². The molecule has 25 heavy (non-hydrogen) atoms. The second-order valence-corrected chi connectivity index (χ2v) is 22.2. The van der Waals surface area contributed by atoms with Gasteiger partial charge in [0.1, 0.15) is 0 Å². The zero-order valence-electron chi connectivity index (χ0n) is 18.9. The molecule has 0 radical (unpaired) electrons. The van der Waals surface area contributed by atoms with E-state index in [9.17, 15) is 0 Å². The zero-order valence-corrected chi connectivity index (χ0v) is 22.0. The molecule has 0 nitrogen and oxygen atoms in total. The normalized spacial score (nSPS) is 13.7. The topological polar surface area (TPSA) is 0 Å². The summed E-state index contributed by atoms with van der Waals surface area (Å²) in [4.78, 5) is 0. The van der Waals surface area contributed by atoms with E-state index in [0.29, 0.717) is 20.2 Å². The average Bonchev–Trinajstić information content (AvgIpc) is 2.34. The molecule has 0 atom stereocenters. The van der Waals surface area contributed by atoms with Crippen molar-refractivity contribution in [3.63, 3.8) is 0 Å². The van der Waals surface area contributed by atoms with Crippen LogP contribution >= 0.6 is 11.1 Å². The highest BCUT2D eigenvalue weighted by atomic mass is 35.6. The van der Waals surface area contributed by atoms with Crippen molar-refractivity contribution >= 4 is 33.2 Å². The standard InChI is InChI=1S/C14H24Si.C8H19ClSi/c1-13(2,3)15(14(4,5)6)12-10-8-7-9-11-12;1-7(2,3)10(9)8(4,5)6/h7-11,15H,1-6H3;10H,1-6H3. The lowest BCUT2D eigenvalue weighted by molar-refractivity contribution is 0.653. The Morgan fingerprint density at radius 2 is 0.880 bits per heavy atom. The van der Waals surface area contributed by atoms with Gasteiger partial charge >= 0.3 is 0 Å². The van der Waals surface area contributed by atoms with E-state index in [1.165, 1.54) is 0 Å². The molecule has 0 unspecified atom stereocenters. The molecule has 0 bridgehead atoms. The molecule has 0 spiro atoms. The lowest BCUT2D eigenvalue weighted by Gasteiger charge is -2.39. The summed E-state index contributed by atoms with van der Waals surface area (Å²) in [5, 5.41) is 3.18. The van der Waals surface area contributed by atoms with E-state index in [1.54, 1.807) is 5.19 Å². The lowest BCUT2D eigenvalue weighted by Crippen LogP contribution is -2.45. The van der Waals surface area contributed by atoms with Crippen molar-refractivity contribution in [1.29, 1.82) is 0 Å². The van der Waals surface area contributed by atoms with E-state index in [-0.39, 0.29) is 0 Å². The van der Waals surface area contributed by atoms with Gasteiger partial charge in [-0.1, -0.05) is 119 Å². The average molecular weight is 399 g/mol. The third kappa shape index (κ3) is 8.92. The second kappa shape index (κ2) is 8.75. The smallest absolute Gasteiger partial charge is 0.151 e. The molecule has 0 fully saturated rings. The third-order valence-corrected chi connectivity index (χ3v) is 15.9. The molecule has 0 N–H and O–H groups in total. The first-order chi connectivity index (χ1) is 10.9. The fraction of sp³-hybridized carbons (Fsp3) is 0.727. The Morgan fingerprint density at radius 1 is 0.560 bits per heavy atom. The molecule has 146 valence electrons. The molecule has 0 saturated heterocycles. The van der Waals surface area contributed by atoms with Gasteiger partial charge in [-0.15, -0.1) is 0 Å². The van der Waals surface area contributed by atoms with Gasteiger partial charge in [-0.2, -0.15) is 11.1 Å². The first-order valence-electron chi connectivity index (χ1n) is 9.57. The highest BCUT2D eigenvalue weighted by Gasteiger charge is 2.37. The van der Waals surface area contributed by atoms with E-state index >= 15 is 0 Å². The van der Waals surface area contributed by atoms with Crippen molar-refractivity contribution in [2.75, 3.05) is 0 Å². The highest BCUT2D eigenvalue weighted by Crippen LogP contribution is 2.43. The predicted molar refractivity (Wildman–Crippen MR) is 125 cm³/mol. The van der Waals surface area contributed by atoms with Crippen LogP contribution in [0.2, 0.25) is 20.2 Å². The maximum absolute atomic E-state index is 6.37. The first kappa shape index (κ1) is 24.9. The molecular weight excluding hydrogens is 356 g/mol. The van der Waals surface area contributed by atoms with Crippen LogP contribution in [0.5, 0.6) is 0 Å². The summed E-state index contributed by atoms with van der Waals surface area (Å²) in [6, 6.07) is 11.1. The van der Waals surface area contributed by atoms with E-state index in [4.69, 9.17) is 11.1 Å². The van der Waals surface area contributed by atoms with E-state index in [1.807, 2.05) is 0 Å². The molecule has 0 aliphatic rings. The summed E-state index contributed by atoms with van der Waals surface area (Å²) in [6.45, 7) is 27.8. The minimum Gasteiger partial charge on any atom is -0.170 e. The summed E-state index contributed by atoms with van der Waals surface area (Å²) < 4.78 is 0. The van der Waals surface area contributed by atoms with E-state index < -0.39 is 16.9 Å². The van der Waals surface area contributed by atoms with Gasteiger partial charge in [-0.3, -0.25) is 0 Å². The number of hydrogen-bond acceptors (Lipinski definition) is 0. The van der Waals surface area contributed by atoms with Gasteiger partial charge < -0.3 is 0 Å². The molecule has 1 rings (SSSR count). The van der Waals surface area contributed by atoms with E-state index in [2.05, 4.69) is 113 Å². The largest absolute Gasteiger partial charge is 0.170 e. The van der Waals surface area contributed by atoms with Gasteiger partial charge in [0.2, 0.25) is 0 Å². The van der Waals surface area contributed by atoms with Crippen molar-refractivity contribution in [3.8, 4) is 0 Å². The summed E-state index contributed by atoms with van der Waals surface area (Å²) >= 11 is 6.37. The van der Waals surface area contributed by atoms with Crippen molar-refractivity contribution in [1.82, 2.24) is 0 Å². The minimum atomic E-state index is -1.11. The number of rotatable bonds is 1. The number of halogens is 1. The maximum atomic E-state index is 6.37. The van der Waals surface area contributed by atoms with Crippen molar-refractivity contribution in [2.45, 2.75) is 103 Å². The summed E-state index contributed by atoms with van der Waals surface area (Å²) in [5.41, 5.74) is 0. The zero-order chi connectivity index (χ0) is 20.3. The molecule has 0 aliphatic carbocycles. The minimum absolute atomic E-state index is 0.347. The van der Waals surface area contributed by atoms with E-state index in [0.717, 1.165) is 0 Å². The van der Waals surface area contributed by atoms with Gasteiger partial charge in [0, 0.05) is 0 Å². The fourth-order valence-corrected chi connectivity index (χ4v) is 12.0. The molecule has 0 aliphatic heterocycles. The molecule has 0 heterocycles. The Hall–Kier alpha value is -0.0562. The Balaban J connectivity index is 0.000000504. The molecular formula is C22H43ClSi2. The van der Waals surface area contributed by atoms with Crippen LogP contribution in [-0.2, 0) is 0 Å². The summed E-state index contributed by atoms with van der Waals surface area (Å²) in [5.74, 6) is 0. The quantitative estimate of drug-likeness (QED) is 0.344. The molecule has 1 aromatic rings. The third-order valence-electron chi connectivity index (χ3n) is 4.39. The number of benzene rings is 1. The van der Waals surface area contributed by atoms with Crippen LogP contribution in [-0.4, -0.2) is 16.9 Å². The van der Waals surface area contributed by atoms with Crippen LogP contribution in [0, 0.1) is 0 Å². The van der Waals surface area contributed by atoms with Crippen LogP contribution < -0.4 is 5.19 Å². The Morgan fingerprint density at radius 3 is 1.08 bits per heavy atom. The molecule has 0 aromatic heterocycles. The Bertz CT molecular complexity index is 468. The van der Waals surface area contributed by atoms with Gasteiger partial charge in [0.15, 0.2) is 8.11 Å². The molecule has 3 heteroatoms. The second-order valence-electron chi connectivity index (χ2n) is 11.7. The van der Waals surface area contributed by atoms with Crippen LogP contribution in [0.4, 0.5) is 0 Å². The van der Waals surface area contributed by atoms with Crippen molar-refractivity contribution in [3.05, 3.63) is 30.3 Å². The van der Waals surface area contributed by atoms with Gasteiger partial charge in [0.25, 0.3) is 0 Å². The van der Waals surface area contributed by atoms with Gasteiger partial charge in [-0.05, 0) is 20.2 Å². The highest BCUT2D eigenvalue weighted by molar-refractivity contribution is 7.10. The van der Waals surface area contributed by atoms with Gasteiger partial charge in [-0.25, -0.2) is 0 Å². The fourth-order valence-electron chi connectivity index (χ4n) is 4.24. The van der Waals surface area contributed by atoms with Crippen LogP contribution in [0.3, 0.4) is 0 Å². The Kier molecular flexibility index (Phi) is 8.74. The Labute approximate surface area is 166 Å². The van der Waals surface area contributed by atoms with Crippen LogP contribution in [0.15, 0.2) is 30.3 Å². The summed E-state index contributed by atoms with van der Waals surface area (Å²) in [7, 11) is -2.08. The van der Waals surface area contributed by atoms with Crippen molar-refractivity contribution in [2.24, 2.45) is 0 Å². The maximum Gasteiger partial charge on any atom is 0.151 e. The summed E-state index contributed by atoms with van der Waals surface area (Å²) in [6.07, 6.45) is 0. The SMILES string of the molecule is CC(C)(C)[SiH](Cl)C(C)(C)C.CC(C)(C)[SiH](c1ccccc1)C(C)(C)C. The molecule has 0 saturated carbocycles. The predicted octanol–water partition coefficient (Wildman–Crippen LogP) is 7.27. The van der Waals surface area contributed by atoms with Gasteiger partial charge in [0.05, 0.1) is 8.80 Å². The molecule has 0 amide bonds. The van der Waals surface area contributed by atoms with Crippen LogP contribution in [0.1, 0.15) is 83.1 Å². The molecule has 1 aromatic carbocycles. The monoisotopic (exact) mass is 398 g/mol. The number of hydrogen-bond donors (Lipinski definition) is 0. The first-order valence-corrected chi connectivity index (χ1v) is 14.2. The van der Waals surface area contributed by atoms with Crippen molar-refractivity contribution < 1.29 is 0 Å².